The molecule has 0 radical (unpaired) electrons. The van der Waals surface area contributed by atoms with Crippen LogP contribution in [0.3, 0.4) is 0 Å². The number of hydrogen-bond acceptors (Lipinski definition) is 3. The van der Waals surface area contributed by atoms with E-state index in [1.165, 1.54) is 5.56 Å². The molecular weight excluding hydrogens is 226 g/mol. The van der Waals surface area contributed by atoms with Crippen LogP contribution < -0.4 is 0 Å². The number of carbonyl (C=O) groups excluding carboxylic acids is 1. The van der Waals surface area contributed by atoms with Crippen molar-refractivity contribution < 1.29 is 9.53 Å². The van der Waals surface area contributed by atoms with Crippen molar-refractivity contribution in [3.8, 4) is 0 Å². The van der Waals surface area contributed by atoms with Crippen LogP contribution in [0.15, 0.2) is 42.2 Å². The highest BCUT2D eigenvalue weighted by molar-refractivity contribution is 5.93. The molecule has 1 aliphatic heterocycles. The summed E-state index contributed by atoms with van der Waals surface area (Å²) in [5, 5.41) is 0. The van der Waals surface area contributed by atoms with E-state index >= 15 is 0 Å². The number of hydrogen-bond donors (Lipinski definition) is 0. The van der Waals surface area contributed by atoms with Crippen molar-refractivity contribution in [3.63, 3.8) is 0 Å². The average molecular weight is 245 g/mol. The minimum atomic E-state index is -0.251. The van der Waals surface area contributed by atoms with Crippen molar-refractivity contribution in [2.75, 3.05) is 13.7 Å². The molecule has 96 valence electrons. The van der Waals surface area contributed by atoms with Gasteiger partial charge in [0.1, 0.15) is 5.76 Å². The summed E-state index contributed by atoms with van der Waals surface area (Å²) in [6, 6.07) is 10.2. The van der Waals surface area contributed by atoms with Crippen molar-refractivity contribution in [1.29, 1.82) is 0 Å². The first kappa shape index (κ1) is 12.8. The smallest absolute Gasteiger partial charge is 0.173 e. The van der Waals surface area contributed by atoms with Crippen molar-refractivity contribution in [3.05, 3.63) is 47.7 Å². The number of benzene rings is 1. The van der Waals surface area contributed by atoms with Gasteiger partial charge < -0.3 is 4.74 Å². The van der Waals surface area contributed by atoms with Crippen molar-refractivity contribution >= 4 is 5.78 Å². The molecule has 18 heavy (non-hydrogen) atoms. The number of rotatable bonds is 3. The zero-order valence-corrected chi connectivity index (χ0v) is 11.1. The maximum Gasteiger partial charge on any atom is 0.173 e. The maximum absolute atomic E-state index is 11.7. The van der Waals surface area contributed by atoms with E-state index in [0.29, 0.717) is 6.54 Å². The zero-order chi connectivity index (χ0) is 13.2. The van der Waals surface area contributed by atoms with Crippen molar-refractivity contribution in [1.82, 2.24) is 4.90 Å². The molecule has 1 aliphatic rings. The minimum absolute atomic E-state index is 0.0992. The predicted molar refractivity (Wildman–Crippen MR) is 71.0 cm³/mol. The standard InChI is InChI=1S/C15H19NO2/c1-15(2)14(18-3)9-13(17)11-16(15)10-12-7-5-4-6-8-12/h4-9H,10-11H2,1-3H3. The first-order chi connectivity index (χ1) is 8.54. The van der Waals surface area contributed by atoms with Crippen LogP contribution in [0.5, 0.6) is 0 Å². The van der Waals surface area contributed by atoms with E-state index in [2.05, 4.69) is 30.9 Å². The Bertz CT molecular complexity index is 463. The van der Waals surface area contributed by atoms with Gasteiger partial charge in [-0.05, 0) is 19.4 Å². The van der Waals surface area contributed by atoms with E-state index in [9.17, 15) is 4.79 Å². The molecule has 1 heterocycles. The van der Waals surface area contributed by atoms with Gasteiger partial charge in [0.2, 0.25) is 0 Å². The van der Waals surface area contributed by atoms with Crippen molar-refractivity contribution in [2.24, 2.45) is 0 Å². The molecule has 1 aromatic rings. The lowest BCUT2D eigenvalue weighted by Crippen LogP contribution is -2.50. The Morgan fingerprint density at radius 3 is 2.56 bits per heavy atom. The molecule has 0 amide bonds. The molecule has 0 fully saturated rings. The molecule has 0 saturated carbocycles. The first-order valence-electron chi connectivity index (χ1n) is 6.12. The second kappa shape index (κ2) is 4.94. The van der Waals surface area contributed by atoms with Gasteiger partial charge in [-0.3, -0.25) is 9.69 Å². The van der Waals surface area contributed by atoms with Gasteiger partial charge in [-0.1, -0.05) is 30.3 Å². The number of carbonyl (C=O) groups is 1. The Balaban J connectivity index is 2.23. The van der Waals surface area contributed by atoms with E-state index in [1.54, 1.807) is 13.2 Å². The Morgan fingerprint density at radius 2 is 1.94 bits per heavy atom. The van der Waals surface area contributed by atoms with Crippen LogP contribution in [-0.2, 0) is 16.1 Å². The number of methoxy groups -OCH3 is 1. The van der Waals surface area contributed by atoms with Crippen LogP contribution in [0.2, 0.25) is 0 Å². The summed E-state index contributed by atoms with van der Waals surface area (Å²) in [7, 11) is 1.62. The van der Waals surface area contributed by atoms with Crippen LogP contribution in [0.1, 0.15) is 19.4 Å². The molecule has 0 spiro atoms. The Kier molecular flexibility index (Phi) is 3.53. The average Bonchev–Trinajstić information content (AvgIpc) is 2.35. The lowest BCUT2D eigenvalue weighted by molar-refractivity contribution is -0.119. The number of ether oxygens (including phenoxy) is 1. The van der Waals surface area contributed by atoms with Gasteiger partial charge in [-0.25, -0.2) is 0 Å². The fourth-order valence-electron chi connectivity index (χ4n) is 2.28. The van der Waals surface area contributed by atoms with E-state index in [0.717, 1.165) is 12.3 Å². The highest BCUT2D eigenvalue weighted by Gasteiger charge is 2.37. The van der Waals surface area contributed by atoms with Crippen molar-refractivity contribution in [2.45, 2.75) is 25.9 Å². The van der Waals surface area contributed by atoms with Gasteiger partial charge >= 0.3 is 0 Å². The molecule has 1 aromatic carbocycles. The molecule has 0 unspecified atom stereocenters. The molecule has 0 atom stereocenters. The molecule has 3 heteroatoms. The Morgan fingerprint density at radius 1 is 1.28 bits per heavy atom. The van der Waals surface area contributed by atoms with E-state index in [4.69, 9.17) is 4.74 Å². The summed E-state index contributed by atoms with van der Waals surface area (Å²) < 4.78 is 5.34. The summed E-state index contributed by atoms with van der Waals surface area (Å²) in [6.45, 7) is 5.35. The molecule has 0 N–H and O–H groups in total. The van der Waals surface area contributed by atoms with Crippen LogP contribution >= 0.6 is 0 Å². The SMILES string of the molecule is COC1=CC(=O)CN(Cc2ccccc2)C1(C)C. The molecule has 3 nitrogen and oxygen atoms in total. The quantitative estimate of drug-likeness (QED) is 0.819. The third-order valence-electron chi connectivity index (χ3n) is 3.47. The largest absolute Gasteiger partial charge is 0.499 e. The van der Waals surface area contributed by atoms with Crippen LogP contribution in [-0.4, -0.2) is 29.9 Å². The van der Waals surface area contributed by atoms with E-state index < -0.39 is 0 Å². The summed E-state index contributed by atoms with van der Waals surface area (Å²) in [5.41, 5.74) is 0.953. The van der Waals surface area contributed by atoms with E-state index in [1.807, 2.05) is 18.2 Å². The van der Waals surface area contributed by atoms with Crippen LogP contribution in [0.25, 0.3) is 0 Å². The lowest BCUT2D eigenvalue weighted by Gasteiger charge is -2.41. The van der Waals surface area contributed by atoms with Crippen LogP contribution in [0.4, 0.5) is 0 Å². The topological polar surface area (TPSA) is 29.5 Å². The highest BCUT2D eigenvalue weighted by Crippen LogP contribution is 2.29. The fraction of sp³-hybridized carbons (Fsp3) is 0.400. The van der Waals surface area contributed by atoms with Gasteiger partial charge in [-0.15, -0.1) is 0 Å². The Hall–Kier alpha value is -1.61. The lowest BCUT2D eigenvalue weighted by atomic mass is 9.93. The second-order valence-electron chi connectivity index (χ2n) is 5.08. The van der Waals surface area contributed by atoms with Gasteiger partial charge in [0.05, 0.1) is 19.2 Å². The normalized spacial score (nSPS) is 19.5. The number of ketones is 1. The first-order valence-corrected chi connectivity index (χ1v) is 6.12. The number of nitrogens with zero attached hydrogens (tertiary/aromatic N) is 1. The summed E-state index contributed by atoms with van der Waals surface area (Å²) in [5.74, 6) is 0.830. The second-order valence-corrected chi connectivity index (χ2v) is 5.08. The molecular formula is C15H19NO2. The molecule has 0 aliphatic carbocycles. The monoisotopic (exact) mass is 245 g/mol. The van der Waals surface area contributed by atoms with Gasteiger partial charge in [0.15, 0.2) is 5.78 Å². The minimum Gasteiger partial charge on any atom is -0.499 e. The molecule has 0 bridgehead atoms. The highest BCUT2D eigenvalue weighted by atomic mass is 16.5. The van der Waals surface area contributed by atoms with Gasteiger partial charge in [0, 0.05) is 12.6 Å². The third kappa shape index (κ3) is 2.46. The fourth-order valence-corrected chi connectivity index (χ4v) is 2.28. The molecule has 2 rings (SSSR count). The zero-order valence-electron chi connectivity index (χ0n) is 11.1. The van der Waals surface area contributed by atoms with Gasteiger partial charge in [0.25, 0.3) is 0 Å². The summed E-state index contributed by atoms with van der Waals surface area (Å²) >= 11 is 0. The molecule has 0 saturated heterocycles. The third-order valence-corrected chi connectivity index (χ3v) is 3.47. The van der Waals surface area contributed by atoms with Crippen LogP contribution in [0, 0.1) is 0 Å². The predicted octanol–water partition coefficient (Wildman–Crippen LogP) is 2.38. The van der Waals surface area contributed by atoms with Gasteiger partial charge in [-0.2, -0.15) is 0 Å². The maximum atomic E-state index is 11.7. The Labute approximate surface area is 108 Å². The summed E-state index contributed by atoms with van der Waals surface area (Å²) in [4.78, 5) is 13.9. The molecule has 0 aromatic heterocycles. The summed E-state index contributed by atoms with van der Waals surface area (Å²) in [6.07, 6.45) is 1.61. The van der Waals surface area contributed by atoms with E-state index in [-0.39, 0.29) is 11.3 Å².